The van der Waals surface area contributed by atoms with Crippen LogP contribution in [0, 0.1) is 0 Å². The lowest BCUT2D eigenvalue weighted by Gasteiger charge is -2.14. The minimum atomic E-state index is -0.122. The molecule has 3 aromatic carbocycles. The third-order valence-electron chi connectivity index (χ3n) is 4.32. The van der Waals surface area contributed by atoms with Crippen LogP contribution in [-0.2, 0) is 13.0 Å². The van der Waals surface area contributed by atoms with E-state index in [1.807, 2.05) is 60.7 Å². The molecule has 0 atom stereocenters. The number of benzene rings is 3. The number of carbonyl (C=O) groups is 1. The Morgan fingerprint density at radius 2 is 1.64 bits per heavy atom. The molecule has 0 saturated carbocycles. The summed E-state index contributed by atoms with van der Waals surface area (Å²) in [5, 5.41) is 9.80. The minimum Gasteiger partial charge on any atom is -0.348 e. The van der Waals surface area contributed by atoms with E-state index < -0.39 is 0 Å². The summed E-state index contributed by atoms with van der Waals surface area (Å²) in [6, 6.07) is 25.2. The predicted molar refractivity (Wildman–Crippen MR) is 120 cm³/mol. The first kappa shape index (κ1) is 19.6. The molecule has 5 heteroatoms. The third-order valence-corrected chi connectivity index (χ3v) is 4.53. The molecule has 0 unspecified atom stereocenters. The number of carbonyl (C=O) groups excluding carboxylic acids is 1. The van der Waals surface area contributed by atoms with Crippen LogP contribution in [0.25, 0.3) is 0 Å². The van der Waals surface area contributed by atoms with Crippen LogP contribution in [0.5, 0.6) is 0 Å². The normalized spacial score (nSPS) is 10.2. The van der Waals surface area contributed by atoms with Gasteiger partial charge in [-0.3, -0.25) is 4.79 Å². The van der Waals surface area contributed by atoms with Crippen molar-refractivity contribution < 1.29 is 4.79 Å². The van der Waals surface area contributed by atoms with E-state index >= 15 is 0 Å². The number of anilines is 2. The average Bonchev–Trinajstić information content (AvgIpc) is 2.73. The van der Waals surface area contributed by atoms with Gasteiger partial charge in [0.15, 0.2) is 5.11 Å². The lowest BCUT2D eigenvalue weighted by Crippen LogP contribution is -2.23. The van der Waals surface area contributed by atoms with Gasteiger partial charge in [-0.05, 0) is 54.0 Å². The molecular formula is C23H23N3OS. The van der Waals surface area contributed by atoms with Gasteiger partial charge in [0.1, 0.15) is 0 Å². The highest BCUT2D eigenvalue weighted by Crippen LogP contribution is 2.17. The van der Waals surface area contributed by atoms with Crippen molar-refractivity contribution >= 4 is 34.6 Å². The summed E-state index contributed by atoms with van der Waals surface area (Å²) in [6.45, 7) is 2.60. The number of amides is 1. The molecule has 0 bridgehead atoms. The first-order valence-electron chi connectivity index (χ1n) is 9.24. The molecule has 0 heterocycles. The fourth-order valence-corrected chi connectivity index (χ4v) is 3.08. The van der Waals surface area contributed by atoms with Gasteiger partial charge in [-0.15, -0.1) is 0 Å². The Morgan fingerprint density at radius 1 is 0.893 bits per heavy atom. The molecule has 0 aliphatic heterocycles. The SMILES string of the molecule is CCc1ccccc1NC(=S)Nc1cccc(C(=O)NCc2ccccc2)c1. The molecule has 0 aliphatic rings. The Bertz CT molecular complexity index is 957. The highest BCUT2D eigenvalue weighted by Gasteiger charge is 2.08. The van der Waals surface area contributed by atoms with Gasteiger partial charge in [0, 0.05) is 23.5 Å². The maximum absolute atomic E-state index is 12.4. The smallest absolute Gasteiger partial charge is 0.251 e. The summed E-state index contributed by atoms with van der Waals surface area (Å²) in [7, 11) is 0. The molecule has 3 aromatic rings. The van der Waals surface area contributed by atoms with E-state index in [0.717, 1.165) is 23.4 Å². The highest BCUT2D eigenvalue weighted by molar-refractivity contribution is 7.80. The van der Waals surface area contributed by atoms with Crippen molar-refractivity contribution in [3.8, 4) is 0 Å². The second-order valence-corrected chi connectivity index (χ2v) is 6.75. The number of hydrogen-bond acceptors (Lipinski definition) is 2. The van der Waals surface area contributed by atoms with Crippen molar-refractivity contribution in [1.29, 1.82) is 0 Å². The van der Waals surface area contributed by atoms with Crippen molar-refractivity contribution in [2.45, 2.75) is 19.9 Å². The third kappa shape index (κ3) is 5.41. The summed E-state index contributed by atoms with van der Waals surface area (Å²) in [6.07, 6.45) is 0.920. The van der Waals surface area contributed by atoms with Gasteiger partial charge in [-0.2, -0.15) is 0 Å². The molecular weight excluding hydrogens is 366 g/mol. The number of nitrogens with one attached hydrogen (secondary N) is 3. The Kier molecular flexibility index (Phi) is 6.76. The summed E-state index contributed by atoms with van der Waals surface area (Å²) >= 11 is 5.43. The zero-order valence-corrected chi connectivity index (χ0v) is 16.6. The van der Waals surface area contributed by atoms with Gasteiger partial charge >= 0.3 is 0 Å². The predicted octanol–water partition coefficient (Wildman–Crippen LogP) is 4.99. The van der Waals surface area contributed by atoms with Gasteiger partial charge in [0.05, 0.1) is 0 Å². The second kappa shape index (κ2) is 9.67. The molecule has 0 saturated heterocycles. The topological polar surface area (TPSA) is 53.2 Å². The van der Waals surface area contributed by atoms with Crippen molar-refractivity contribution in [2.75, 3.05) is 10.6 Å². The molecule has 142 valence electrons. The Hall–Kier alpha value is -3.18. The number of rotatable bonds is 6. The molecule has 3 N–H and O–H groups in total. The lowest BCUT2D eigenvalue weighted by molar-refractivity contribution is 0.0951. The summed E-state index contributed by atoms with van der Waals surface area (Å²) in [5.74, 6) is -0.122. The van der Waals surface area contributed by atoms with Crippen molar-refractivity contribution in [3.05, 3.63) is 95.6 Å². The number of aryl methyl sites for hydroxylation is 1. The van der Waals surface area contributed by atoms with Crippen LogP contribution in [0.15, 0.2) is 78.9 Å². The molecule has 0 radical (unpaired) electrons. The largest absolute Gasteiger partial charge is 0.348 e. The molecule has 0 aliphatic carbocycles. The van der Waals surface area contributed by atoms with Gasteiger partial charge in [-0.25, -0.2) is 0 Å². The van der Waals surface area contributed by atoms with E-state index in [2.05, 4.69) is 28.9 Å². The zero-order chi connectivity index (χ0) is 19.8. The average molecular weight is 390 g/mol. The number of hydrogen-bond donors (Lipinski definition) is 3. The van der Waals surface area contributed by atoms with Crippen LogP contribution in [0.4, 0.5) is 11.4 Å². The van der Waals surface area contributed by atoms with Crippen LogP contribution in [0.2, 0.25) is 0 Å². The maximum atomic E-state index is 12.4. The molecule has 0 spiro atoms. The van der Waals surface area contributed by atoms with Crippen molar-refractivity contribution in [2.24, 2.45) is 0 Å². The lowest BCUT2D eigenvalue weighted by atomic mass is 10.1. The molecule has 0 aromatic heterocycles. The Balaban J connectivity index is 1.61. The van der Waals surface area contributed by atoms with Crippen LogP contribution in [0.3, 0.4) is 0 Å². The molecule has 4 nitrogen and oxygen atoms in total. The summed E-state index contributed by atoms with van der Waals surface area (Å²) in [4.78, 5) is 12.4. The highest BCUT2D eigenvalue weighted by atomic mass is 32.1. The Morgan fingerprint density at radius 3 is 2.43 bits per heavy atom. The van der Waals surface area contributed by atoms with Crippen LogP contribution in [0.1, 0.15) is 28.4 Å². The van der Waals surface area contributed by atoms with E-state index in [-0.39, 0.29) is 5.91 Å². The molecule has 3 rings (SSSR count). The first-order chi connectivity index (χ1) is 13.7. The van der Waals surface area contributed by atoms with E-state index in [9.17, 15) is 4.79 Å². The van der Waals surface area contributed by atoms with Crippen molar-refractivity contribution in [1.82, 2.24) is 5.32 Å². The molecule has 1 amide bonds. The van der Waals surface area contributed by atoms with E-state index in [0.29, 0.717) is 17.2 Å². The maximum Gasteiger partial charge on any atom is 0.251 e. The van der Waals surface area contributed by atoms with Gasteiger partial charge in [0.25, 0.3) is 5.91 Å². The fraction of sp³-hybridized carbons (Fsp3) is 0.130. The molecule has 0 fully saturated rings. The first-order valence-corrected chi connectivity index (χ1v) is 9.64. The second-order valence-electron chi connectivity index (χ2n) is 6.34. The summed E-state index contributed by atoms with van der Waals surface area (Å²) in [5.41, 5.74) is 4.58. The summed E-state index contributed by atoms with van der Waals surface area (Å²) < 4.78 is 0. The van der Waals surface area contributed by atoms with E-state index in [1.165, 1.54) is 5.56 Å². The standard InChI is InChI=1S/C23H23N3OS/c1-2-18-11-6-7-14-21(18)26-23(28)25-20-13-8-12-19(15-20)22(27)24-16-17-9-4-3-5-10-17/h3-15H,2,16H2,1H3,(H,24,27)(H2,25,26,28). The van der Waals surface area contributed by atoms with E-state index in [1.54, 1.807) is 12.1 Å². The van der Waals surface area contributed by atoms with Gasteiger partial charge in [0.2, 0.25) is 0 Å². The molecule has 28 heavy (non-hydrogen) atoms. The van der Waals surface area contributed by atoms with Gasteiger partial charge in [-0.1, -0.05) is 61.5 Å². The van der Waals surface area contributed by atoms with Crippen LogP contribution >= 0.6 is 12.2 Å². The minimum absolute atomic E-state index is 0.122. The van der Waals surface area contributed by atoms with Crippen LogP contribution < -0.4 is 16.0 Å². The van der Waals surface area contributed by atoms with Gasteiger partial charge < -0.3 is 16.0 Å². The fourth-order valence-electron chi connectivity index (χ4n) is 2.85. The number of thiocarbonyl (C=S) groups is 1. The zero-order valence-electron chi connectivity index (χ0n) is 15.7. The monoisotopic (exact) mass is 389 g/mol. The quantitative estimate of drug-likeness (QED) is 0.520. The Labute approximate surface area is 171 Å². The number of para-hydroxylation sites is 1. The van der Waals surface area contributed by atoms with Crippen molar-refractivity contribution in [3.63, 3.8) is 0 Å². The van der Waals surface area contributed by atoms with Crippen LogP contribution in [-0.4, -0.2) is 11.0 Å². The van der Waals surface area contributed by atoms with E-state index in [4.69, 9.17) is 12.2 Å².